The van der Waals surface area contributed by atoms with E-state index in [1.165, 1.54) is 0 Å². The molecule has 0 bridgehead atoms. The zero-order valence-corrected chi connectivity index (χ0v) is 14.5. The molecule has 0 atom stereocenters. The topological polar surface area (TPSA) is 64.3 Å². The van der Waals surface area contributed by atoms with Gasteiger partial charge in [-0.05, 0) is 43.4 Å². The van der Waals surface area contributed by atoms with Crippen LogP contribution in [-0.2, 0) is 4.79 Å². The zero-order chi connectivity index (χ0) is 15.5. The molecule has 1 aromatic carbocycles. The van der Waals surface area contributed by atoms with Crippen LogP contribution in [0, 0.1) is 11.3 Å². The fourth-order valence-electron chi connectivity index (χ4n) is 3.43. The molecule has 4 nitrogen and oxygen atoms in total. The monoisotopic (exact) mass is 326 g/mol. The van der Waals surface area contributed by atoms with Gasteiger partial charge in [0.1, 0.15) is 5.75 Å². The first kappa shape index (κ1) is 18.6. The lowest BCUT2D eigenvalue weighted by Gasteiger charge is -2.29. The van der Waals surface area contributed by atoms with Gasteiger partial charge in [0.15, 0.2) is 0 Å². The molecule has 1 amide bonds. The van der Waals surface area contributed by atoms with Crippen molar-refractivity contribution < 1.29 is 9.53 Å². The van der Waals surface area contributed by atoms with E-state index in [0.717, 1.165) is 37.8 Å². The van der Waals surface area contributed by atoms with Gasteiger partial charge in [0, 0.05) is 11.1 Å². The van der Waals surface area contributed by atoms with Crippen LogP contribution in [-0.4, -0.2) is 13.0 Å². The second-order valence-corrected chi connectivity index (χ2v) is 6.50. The number of hydrogen-bond acceptors (Lipinski definition) is 3. The van der Waals surface area contributed by atoms with Gasteiger partial charge in [-0.1, -0.05) is 26.7 Å². The Balaban J connectivity index is 0.00000242. The molecule has 1 aromatic rings. The standard InChI is InChI=1S/C17H26N2O2.ClH/c1-12(2)11-17(8-4-5-9-17)16(20)19-13-6-7-15(21-3)14(18)10-13;/h6-7,10,12H,4-5,8-9,11,18H2,1-3H3,(H,19,20);1H. The van der Waals surface area contributed by atoms with Gasteiger partial charge in [0.2, 0.25) is 5.91 Å². The molecule has 0 saturated heterocycles. The predicted octanol–water partition coefficient (Wildman–Crippen LogP) is 4.24. The molecule has 1 fully saturated rings. The number of hydrogen-bond donors (Lipinski definition) is 2. The third-order valence-corrected chi connectivity index (χ3v) is 4.33. The highest BCUT2D eigenvalue weighted by atomic mass is 35.5. The maximum absolute atomic E-state index is 12.8. The van der Waals surface area contributed by atoms with Crippen molar-refractivity contribution in [2.45, 2.75) is 46.0 Å². The highest BCUT2D eigenvalue weighted by Crippen LogP contribution is 2.44. The van der Waals surface area contributed by atoms with E-state index in [2.05, 4.69) is 19.2 Å². The molecule has 3 N–H and O–H groups in total. The lowest BCUT2D eigenvalue weighted by Crippen LogP contribution is -2.35. The smallest absolute Gasteiger partial charge is 0.230 e. The minimum Gasteiger partial charge on any atom is -0.495 e. The summed E-state index contributed by atoms with van der Waals surface area (Å²) >= 11 is 0. The molecule has 1 aliphatic carbocycles. The van der Waals surface area contributed by atoms with Crippen LogP contribution >= 0.6 is 12.4 Å². The second kappa shape index (κ2) is 7.73. The number of carbonyl (C=O) groups is 1. The quantitative estimate of drug-likeness (QED) is 0.795. The van der Waals surface area contributed by atoms with Crippen LogP contribution in [0.4, 0.5) is 11.4 Å². The fourth-order valence-corrected chi connectivity index (χ4v) is 3.43. The molecule has 5 heteroatoms. The Morgan fingerprint density at radius 2 is 2.00 bits per heavy atom. The van der Waals surface area contributed by atoms with Gasteiger partial charge >= 0.3 is 0 Å². The van der Waals surface area contributed by atoms with E-state index in [9.17, 15) is 4.79 Å². The summed E-state index contributed by atoms with van der Waals surface area (Å²) in [5.41, 5.74) is 6.98. The number of ether oxygens (including phenoxy) is 1. The highest BCUT2D eigenvalue weighted by Gasteiger charge is 2.41. The summed E-state index contributed by atoms with van der Waals surface area (Å²) < 4.78 is 5.14. The van der Waals surface area contributed by atoms with E-state index >= 15 is 0 Å². The Kier molecular flexibility index (Phi) is 6.54. The highest BCUT2D eigenvalue weighted by molar-refractivity contribution is 5.96. The van der Waals surface area contributed by atoms with Crippen molar-refractivity contribution in [3.8, 4) is 5.75 Å². The third kappa shape index (κ3) is 4.07. The van der Waals surface area contributed by atoms with Gasteiger partial charge in [0.25, 0.3) is 0 Å². The summed E-state index contributed by atoms with van der Waals surface area (Å²) in [6.45, 7) is 4.36. The van der Waals surface area contributed by atoms with Gasteiger partial charge in [-0.15, -0.1) is 12.4 Å². The van der Waals surface area contributed by atoms with Crippen molar-refractivity contribution in [2.75, 3.05) is 18.2 Å². The number of nitrogens with two attached hydrogens (primary N) is 1. The Hall–Kier alpha value is -1.42. The van der Waals surface area contributed by atoms with Crippen molar-refractivity contribution in [3.05, 3.63) is 18.2 Å². The first-order chi connectivity index (χ1) is 9.97. The summed E-state index contributed by atoms with van der Waals surface area (Å²) in [6.07, 6.45) is 5.21. The largest absolute Gasteiger partial charge is 0.495 e. The molecule has 0 spiro atoms. The van der Waals surface area contributed by atoms with Gasteiger partial charge in [0.05, 0.1) is 12.8 Å². The minimum atomic E-state index is -0.205. The molecular formula is C17H27ClN2O2. The summed E-state index contributed by atoms with van der Waals surface area (Å²) in [5, 5.41) is 3.05. The van der Waals surface area contributed by atoms with E-state index in [0.29, 0.717) is 17.4 Å². The number of halogens is 1. The molecule has 0 aromatic heterocycles. The fraction of sp³-hybridized carbons (Fsp3) is 0.588. The molecule has 0 aliphatic heterocycles. The number of carbonyl (C=O) groups excluding carboxylic acids is 1. The van der Waals surface area contributed by atoms with E-state index in [4.69, 9.17) is 10.5 Å². The normalized spacial score (nSPS) is 16.2. The van der Waals surface area contributed by atoms with Gasteiger partial charge < -0.3 is 15.8 Å². The van der Waals surface area contributed by atoms with Crippen LogP contribution in [0.5, 0.6) is 5.75 Å². The molecule has 0 unspecified atom stereocenters. The lowest BCUT2D eigenvalue weighted by atomic mass is 9.77. The van der Waals surface area contributed by atoms with Crippen molar-refractivity contribution in [1.29, 1.82) is 0 Å². The molecule has 22 heavy (non-hydrogen) atoms. The number of benzene rings is 1. The van der Waals surface area contributed by atoms with Crippen molar-refractivity contribution in [3.63, 3.8) is 0 Å². The van der Waals surface area contributed by atoms with Crippen molar-refractivity contribution in [1.82, 2.24) is 0 Å². The van der Waals surface area contributed by atoms with Crippen molar-refractivity contribution >= 4 is 29.7 Å². The predicted molar refractivity (Wildman–Crippen MR) is 93.6 cm³/mol. The van der Waals surface area contributed by atoms with Crippen LogP contribution in [0.3, 0.4) is 0 Å². The lowest BCUT2D eigenvalue weighted by molar-refractivity contribution is -0.126. The molecule has 124 valence electrons. The Morgan fingerprint density at radius 3 is 2.50 bits per heavy atom. The number of nitrogen functional groups attached to an aromatic ring is 1. The molecule has 1 saturated carbocycles. The van der Waals surface area contributed by atoms with Gasteiger partial charge in [-0.25, -0.2) is 0 Å². The van der Waals surface area contributed by atoms with Crippen LogP contribution in [0.25, 0.3) is 0 Å². The molecule has 0 radical (unpaired) electrons. The number of methoxy groups -OCH3 is 1. The van der Waals surface area contributed by atoms with Crippen LogP contribution in [0.2, 0.25) is 0 Å². The first-order valence-corrected chi connectivity index (χ1v) is 7.72. The molecular weight excluding hydrogens is 300 g/mol. The van der Waals surface area contributed by atoms with E-state index < -0.39 is 0 Å². The summed E-state index contributed by atoms with van der Waals surface area (Å²) in [5.74, 6) is 1.29. The maximum atomic E-state index is 12.8. The first-order valence-electron chi connectivity index (χ1n) is 7.72. The summed E-state index contributed by atoms with van der Waals surface area (Å²) in [4.78, 5) is 12.8. The van der Waals surface area contributed by atoms with Gasteiger partial charge in [-0.3, -0.25) is 4.79 Å². The number of anilines is 2. The van der Waals surface area contributed by atoms with E-state index in [-0.39, 0.29) is 23.7 Å². The van der Waals surface area contributed by atoms with Crippen LogP contribution in [0.1, 0.15) is 46.0 Å². The molecule has 2 rings (SSSR count). The van der Waals surface area contributed by atoms with Crippen LogP contribution < -0.4 is 15.8 Å². The Morgan fingerprint density at radius 1 is 1.36 bits per heavy atom. The van der Waals surface area contributed by atoms with Gasteiger partial charge in [-0.2, -0.15) is 0 Å². The minimum absolute atomic E-state index is 0. The number of amides is 1. The van der Waals surface area contributed by atoms with Crippen LogP contribution in [0.15, 0.2) is 18.2 Å². The molecule has 0 heterocycles. The average Bonchev–Trinajstić information content (AvgIpc) is 2.88. The number of nitrogens with one attached hydrogen (secondary N) is 1. The summed E-state index contributed by atoms with van der Waals surface area (Å²) in [7, 11) is 1.58. The number of rotatable bonds is 5. The summed E-state index contributed by atoms with van der Waals surface area (Å²) in [6, 6.07) is 5.38. The van der Waals surface area contributed by atoms with E-state index in [1.54, 1.807) is 19.2 Å². The Bertz CT molecular complexity index is 511. The van der Waals surface area contributed by atoms with Crippen molar-refractivity contribution in [2.24, 2.45) is 11.3 Å². The molecule has 1 aliphatic rings. The van der Waals surface area contributed by atoms with E-state index in [1.807, 2.05) is 6.07 Å². The zero-order valence-electron chi connectivity index (χ0n) is 13.6. The maximum Gasteiger partial charge on any atom is 0.230 e. The average molecular weight is 327 g/mol. The third-order valence-electron chi connectivity index (χ3n) is 4.33. The SMILES string of the molecule is COc1ccc(NC(=O)C2(CC(C)C)CCCC2)cc1N.Cl. The Labute approximate surface area is 139 Å². The second-order valence-electron chi connectivity index (χ2n) is 6.50.